The zero-order chi connectivity index (χ0) is 19.3. The number of halogens is 1. The number of carbonyl (C=O) groups excluding carboxylic acids is 1. The first kappa shape index (κ1) is 19.4. The predicted octanol–water partition coefficient (Wildman–Crippen LogP) is 3.04. The van der Waals surface area contributed by atoms with Crippen molar-refractivity contribution in [1.82, 2.24) is 5.32 Å². The molecule has 138 valence electrons. The van der Waals surface area contributed by atoms with Crippen molar-refractivity contribution in [2.45, 2.75) is 19.1 Å². The quantitative estimate of drug-likeness (QED) is 0.792. The number of ether oxygens (including phenoxy) is 2. The molecule has 2 unspecified atom stereocenters. The maximum atomic E-state index is 14.0. The third-order valence-electron chi connectivity index (χ3n) is 3.97. The molecule has 2 atom stereocenters. The van der Waals surface area contributed by atoms with Gasteiger partial charge in [0.2, 0.25) is 0 Å². The van der Waals surface area contributed by atoms with Crippen LogP contribution >= 0.6 is 0 Å². The van der Waals surface area contributed by atoms with E-state index in [1.807, 2.05) is 12.1 Å². The lowest BCUT2D eigenvalue weighted by molar-refractivity contribution is 0.0641. The van der Waals surface area contributed by atoms with Gasteiger partial charge in [-0.2, -0.15) is 0 Å². The summed E-state index contributed by atoms with van der Waals surface area (Å²) in [5.74, 6) is -2.11. The Balaban J connectivity index is 2.14. The number of benzene rings is 2. The molecule has 0 radical (unpaired) electrons. The predicted molar refractivity (Wildman–Crippen MR) is 93.0 cm³/mol. The highest BCUT2D eigenvalue weighted by Gasteiger charge is 2.23. The van der Waals surface area contributed by atoms with Gasteiger partial charge in [0.1, 0.15) is 17.7 Å². The van der Waals surface area contributed by atoms with Crippen LogP contribution in [0.3, 0.4) is 0 Å². The number of carboxylic acid groups (broad SMARTS) is 1. The molecular formula is C19H20FNO5. The van der Waals surface area contributed by atoms with Gasteiger partial charge in [-0.15, -0.1) is 0 Å². The van der Waals surface area contributed by atoms with E-state index in [9.17, 15) is 14.0 Å². The first-order chi connectivity index (χ1) is 12.4. The number of hydrogen-bond donors (Lipinski definition) is 2. The average Bonchev–Trinajstić information content (AvgIpc) is 2.62. The van der Waals surface area contributed by atoms with Crippen LogP contribution in [-0.4, -0.2) is 37.2 Å². The van der Waals surface area contributed by atoms with Gasteiger partial charge < -0.3 is 19.9 Å². The molecule has 2 aromatic carbocycles. The van der Waals surface area contributed by atoms with E-state index < -0.39 is 29.8 Å². The second-order valence-electron chi connectivity index (χ2n) is 5.69. The largest absolute Gasteiger partial charge is 0.497 e. The molecule has 0 aliphatic rings. The molecule has 7 heteroatoms. The lowest BCUT2D eigenvalue weighted by Gasteiger charge is -2.24. The number of nitrogens with one attached hydrogen (secondary N) is 1. The normalized spacial score (nSPS) is 12.9. The summed E-state index contributed by atoms with van der Waals surface area (Å²) in [7, 11) is 3.08. The van der Waals surface area contributed by atoms with E-state index in [2.05, 4.69) is 5.32 Å². The number of rotatable bonds is 7. The Bertz CT molecular complexity index is 791. The summed E-state index contributed by atoms with van der Waals surface area (Å²) in [6.45, 7) is 1.74. The maximum Gasteiger partial charge on any atom is 0.335 e. The zero-order valence-corrected chi connectivity index (χ0v) is 14.7. The van der Waals surface area contributed by atoms with Crippen molar-refractivity contribution >= 4 is 11.9 Å². The molecule has 1 amide bonds. The van der Waals surface area contributed by atoms with Crippen LogP contribution in [0.25, 0.3) is 0 Å². The van der Waals surface area contributed by atoms with Gasteiger partial charge in [-0.25, -0.2) is 9.18 Å². The summed E-state index contributed by atoms with van der Waals surface area (Å²) in [4.78, 5) is 23.2. The number of hydrogen-bond acceptors (Lipinski definition) is 4. The lowest BCUT2D eigenvalue weighted by Crippen LogP contribution is -2.38. The van der Waals surface area contributed by atoms with Crippen molar-refractivity contribution in [2.75, 3.05) is 14.2 Å². The minimum Gasteiger partial charge on any atom is -0.497 e. The monoisotopic (exact) mass is 361 g/mol. The zero-order valence-electron chi connectivity index (χ0n) is 14.7. The van der Waals surface area contributed by atoms with Crippen LogP contribution in [0.5, 0.6) is 5.75 Å². The number of carbonyl (C=O) groups is 2. The fourth-order valence-electron chi connectivity index (χ4n) is 2.61. The second kappa shape index (κ2) is 8.44. The number of carboxylic acids is 1. The molecule has 0 aliphatic heterocycles. The van der Waals surface area contributed by atoms with Crippen LogP contribution in [0.2, 0.25) is 0 Å². The molecule has 0 spiro atoms. The smallest absolute Gasteiger partial charge is 0.335 e. The summed E-state index contributed by atoms with van der Waals surface area (Å²) in [6.07, 6.45) is -0.453. The van der Waals surface area contributed by atoms with Crippen molar-refractivity contribution in [2.24, 2.45) is 0 Å². The Hall–Kier alpha value is -2.93. The molecule has 0 aromatic heterocycles. The van der Waals surface area contributed by atoms with E-state index in [0.29, 0.717) is 5.75 Å². The number of methoxy groups -OCH3 is 2. The van der Waals surface area contributed by atoms with Crippen molar-refractivity contribution in [3.8, 4) is 5.75 Å². The van der Waals surface area contributed by atoms with Crippen LogP contribution in [-0.2, 0) is 4.74 Å². The Kier molecular flexibility index (Phi) is 6.30. The van der Waals surface area contributed by atoms with Gasteiger partial charge in [-0.05, 0) is 42.8 Å². The van der Waals surface area contributed by atoms with Crippen molar-refractivity contribution in [3.05, 3.63) is 65.0 Å². The van der Waals surface area contributed by atoms with Gasteiger partial charge in [0, 0.05) is 7.11 Å². The van der Waals surface area contributed by atoms with Crippen LogP contribution in [0.1, 0.15) is 39.3 Å². The molecule has 0 saturated carbocycles. The molecule has 0 bridgehead atoms. The Morgan fingerprint density at radius 3 is 2.27 bits per heavy atom. The molecule has 0 fully saturated rings. The highest BCUT2D eigenvalue weighted by atomic mass is 19.1. The highest BCUT2D eigenvalue weighted by Crippen LogP contribution is 2.23. The van der Waals surface area contributed by atoms with Gasteiger partial charge in [-0.3, -0.25) is 4.79 Å². The third kappa shape index (κ3) is 4.37. The Morgan fingerprint density at radius 1 is 1.12 bits per heavy atom. The summed E-state index contributed by atoms with van der Waals surface area (Å²) in [5.41, 5.74) is 0.370. The van der Waals surface area contributed by atoms with Crippen LogP contribution < -0.4 is 10.1 Å². The van der Waals surface area contributed by atoms with E-state index in [1.165, 1.54) is 13.2 Å². The fourth-order valence-corrected chi connectivity index (χ4v) is 2.61. The molecule has 6 nitrogen and oxygen atoms in total. The second-order valence-corrected chi connectivity index (χ2v) is 5.69. The van der Waals surface area contributed by atoms with Crippen molar-refractivity contribution in [3.63, 3.8) is 0 Å². The SMILES string of the molecule is COc1ccc(C(OC)C(C)NC(=O)c2ccc(C(=O)O)cc2F)cc1. The van der Waals surface area contributed by atoms with Crippen molar-refractivity contribution in [1.29, 1.82) is 0 Å². The highest BCUT2D eigenvalue weighted by molar-refractivity contribution is 5.96. The fraction of sp³-hybridized carbons (Fsp3) is 0.263. The van der Waals surface area contributed by atoms with Crippen LogP contribution in [0.4, 0.5) is 4.39 Å². The van der Waals surface area contributed by atoms with Gasteiger partial charge in [0.25, 0.3) is 5.91 Å². The van der Waals surface area contributed by atoms with Gasteiger partial charge >= 0.3 is 5.97 Å². The van der Waals surface area contributed by atoms with Crippen LogP contribution in [0.15, 0.2) is 42.5 Å². The minimum atomic E-state index is -1.26. The van der Waals surface area contributed by atoms with Gasteiger partial charge in [-0.1, -0.05) is 12.1 Å². The molecule has 2 aromatic rings. The molecule has 2 N–H and O–H groups in total. The lowest BCUT2D eigenvalue weighted by atomic mass is 10.0. The first-order valence-corrected chi connectivity index (χ1v) is 7.87. The topological polar surface area (TPSA) is 84.9 Å². The van der Waals surface area contributed by atoms with E-state index >= 15 is 0 Å². The Labute approximate surface area is 150 Å². The van der Waals surface area contributed by atoms with Gasteiger partial charge in [0.15, 0.2) is 0 Å². The van der Waals surface area contributed by atoms with E-state index in [0.717, 1.165) is 17.7 Å². The van der Waals surface area contributed by atoms with E-state index in [-0.39, 0.29) is 11.1 Å². The molecule has 0 aliphatic carbocycles. The summed E-state index contributed by atoms with van der Waals surface area (Å²) < 4.78 is 24.6. The Morgan fingerprint density at radius 2 is 1.77 bits per heavy atom. The summed E-state index contributed by atoms with van der Waals surface area (Å²) in [5, 5.41) is 11.5. The summed E-state index contributed by atoms with van der Waals surface area (Å²) in [6, 6.07) is 9.88. The van der Waals surface area contributed by atoms with E-state index in [1.54, 1.807) is 26.2 Å². The molecular weight excluding hydrogens is 341 g/mol. The summed E-state index contributed by atoms with van der Waals surface area (Å²) >= 11 is 0. The van der Waals surface area contributed by atoms with Crippen LogP contribution in [0, 0.1) is 5.82 Å². The van der Waals surface area contributed by atoms with Crippen molar-refractivity contribution < 1.29 is 28.6 Å². The van der Waals surface area contributed by atoms with E-state index in [4.69, 9.17) is 14.6 Å². The number of amides is 1. The molecule has 26 heavy (non-hydrogen) atoms. The first-order valence-electron chi connectivity index (χ1n) is 7.87. The average molecular weight is 361 g/mol. The molecule has 2 rings (SSSR count). The maximum absolute atomic E-state index is 14.0. The number of aromatic carboxylic acids is 1. The molecule has 0 saturated heterocycles. The minimum absolute atomic E-state index is 0.222. The van der Waals surface area contributed by atoms with Gasteiger partial charge in [0.05, 0.1) is 24.3 Å². The standard InChI is InChI=1S/C19H20FNO5/c1-11(17(26-3)12-4-7-14(25-2)8-5-12)21-18(22)15-9-6-13(19(23)24)10-16(15)20/h4-11,17H,1-3H3,(H,21,22)(H,23,24). The molecule has 0 heterocycles. The third-order valence-corrected chi connectivity index (χ3v) is 3.97.